The molecular weight excluding hydrogens is 332 g/mol. The van der Waals surface area contributed by atoms with Gasteiger partial charge >= 0.3 is 6.09 Å². The molecule has 140 valence electrons. The summed E-state index contributed by atoms with van der Waals surface area (Å²) in [5, 5.41) is 8.44. The Labute approximate surface area is 153 Å². The lowest BCUT2D eigenvalue weighted by Gasteiger charge is -2.30. The maximum atomic E-state index is 12.2. The molecule has 0 unspecified atom stereocenters. The molecule has 3 rings (SSSR count). The fraction of sp³-hybridized carbons (Fsp3) is 0.526. The number of hydrogen-bond acceptors (Lipinski definition) is 5. The van der Waals surface area contributed by atoms with Crippen LogP contribution in [0.2, 0.25) is 0 Å². The van der Waals surface area contributed by atoms with Crippen molar-refractivity contribution in [3.05, 3.63) is 41.0 Å². The molecule has 0 bridgehead atoms. The van der Waals surface area contributed by atoms with Gasteiger partial charge in [-0.3, -0.25) is 4.90 Å². The van der Waals surface area contributed by atoms with E-state index in [4.69, 9.17) is 9.47 Å². The second-order valence-electron chi connectivity index (χ2n) is 7.62. The summed E-state index contributed by atoms with van der Waals surface area (Å²) in [5.41, 5.74) is 1.92. The Morgan fingerprint density at radius 1 is 1.15 bits per heavy atom. The lowest BCUT2D eigenvalue weighted by atomic mass is 10.1. The summed E-state index contributed by atoms with van der Waals surface area (Å²) in [6, 6.07) is 6.02. The molecule has 0 spiro atoms. The molecule has 0 aliphatic carbocycles. The third-order valence-electron chi connectivity index (χ3n) is 4.33. The molecule has 7 heteroatoms. The highest BCUT2D eigenvalue weighted by atomic mass is 16.6. The Morgan fingerprint density at radius 2 is 1.92 bits per heavy atom. The fourth-order valence-corrected chi connectivity index (χ4v) is 2.76. The minimum Gasteiger partial charge on any atom is -0.486 e. The molecule has 7 nitrogen and oxygen atoms in total. The molecule has 0 radical (unpaired) electrons. The van der Waals surface area contributed by atoms with E-state index in [1.54, 1.807) is 4.90 Å². The van der Waals surface area contributed by atoms with E-state index in [-0.39, 0.29) is 6.09 Å². The molecule has 0 fully saturated rings. The zero-order chi connectivity index (χ0) is 18.9. The smallest absolute Gasteiger partial charge is 0.410 e. The second kappa shape index (κ2) is 6.97. The van der Waals surface area contributed by atoms with Gasteiger partial charge in [-0.05, 0) is 57.9 Å². The zero-order valence-corrected chi connectivity index (χ0v) is 16.1. The lowest BCUT2D eigenvalue weighted by molar-refractivity contribution is 0.0193. The van der Waals surface area contributed by atoms with Crippen LogP contribution in [0.3, 0.4) is 0 Å². The van der Waals surface area contributed by atoms with Crippen LogP contribution in [-0.4, -0.2) is 37.9 Å². The Morgan fingerprint density at radius 3 is 2.62 bits per heavy atom. The highest BCUT2D eigenvalue weighted by Crippen LogP contribution is 2.20. The van der Waals surface area contributed by atoms with Gasteiger partial charge < -0.3 is 14.0 Å². The van der Waals surface area contributed by atoms with E-state index in [1.165, 1.54) is 11.1 Å². The summed E-state index contributed by atoms with van der Waals surface area (Å²) in [6.07, 6.45) is -0.320. The second-order valence-corrected chi connectivity index (χ2v) is 7.62. The van der Waals surface area contributed by atoms with E-state index in [9.17, 15) is 4.79 Å². The molecule has 0 saturated carbocycles. The van der Waals surface area contributed by atoms with Crippen molar-refractivity contribution in [2.24, 2.45) is 0 Å². The van der Waals surface area contributed by atoms with Gasteiger partial charge in [0.2, 0.25) is 0 Å². The molecule has 1 amide bonds. The van der Waals surface area contributed by atoms with Crippen LogP contribution in [0.1, 0.15) is 43.5 Å². The molecule has 2 aromatic rings. The number of carbonyl (C=O) groups is 1. The van der Waals surface area contributed by atoms with E-state index >= 15 is 0 Å². The zero-order valence-electron chi connectivity index (χ0n) is 16.1. The number of amides is 1. The number of nitrogens with zero attached hydrogens (tertiary/aromatic N) is 4. The topological polar surface area (TPSA) is 69.5 Å². The van der Waals surface area contributed by atoms with Crippen molar-refractivity contribution in [3.8, 4) is 5.75 Å². The van der Waals surface area contributed by atoms with Crippen molar-refractivity contribution in [1.29, 1.82) is 0 Å². The van der Waals surface area contributed by atoms with Crippen molar-refractivity contribution in [2.75, 3.05) is 6.54 Å². The molecule has 1 aromatic carbocycles. The number of carbonyl (C=O) groups excluding carboxylic acids is 1. The summed E-state index contributed by atoms with van der Waals surface area (Å²) in [7, 11) is 0. The summed E-state index contributed by atoms with van der Waals surface area (Å²) >= 11 is 0. The number of aryl methyl sites for hydroxylation is 2. The molecule has 1 aliphatic heterocycles. The van der Waals surface area contributed by atoms with E-state index in [0.717, 1.165) is 17.4 Å². The van der Waals surface area contributed by atoms with Gasteiger partial charge in [-0.1, -0.05) is 6.07 Å². The normalized spacial score (nSPS) is 14.1. The number of rotatable bonds is 3. The lowest BCUT2D eigenvalue weighted by Crippen LogP contribution is -2.41. The minimum atomic E-state index is -0.507. The van der Waals surface area contributed by atoms with Crippen LogP contribution in [0.4, 0.5) is 4.79 Å². The van der Waals surface area contributed by atoms with Crippen LogP contribution in [0.15, 0.2) is 18.2 Å². The number of ether oxygens (including phenoxy) is 2. The van der Waals surface area contributed by atoms with E-state index in [0.29, 0.717) is 26.2 Å². The number of benzene rings is 1. The van der Waals surface area contributed by atoms with Gasteiger partial charge in [0.05, 0.1) is 6.54 Å². The van der Waals surface area contributed by atoms with Crippen LogP contribution >= 0.6 is 0 Å². The average molecular weight is 358 g/mol. The van der Waals surface area contributed by atoms with Crippen LogP contribution < -0.4 is 4.74 Å². The largest absolute Gasteiger partial charge is 0.486 e. The maximum Gasteiger partial charge on any atom is 0.410 e. The van der Waals surface area contributed by atoms with Crippen molar-refractivity contribution in [2.45, 2.75) is 59.9 Å². The third-order valence-corrected chi connectivity index (χ3v) is 4.33. The predicted octanol–water partition coefficient (Wildman–Crippen LogP) is 3.22. The van der Waals surface area contributed by atoms with Crippen molar-refractivity contribution < 1.29 is 14.3 Å². The predicted molar refractivity (Wildman–Crippen MR) is 96.9 cm³/mol. The SMILES string of the molecule is Cc1ccc(OCc2nnc3n2CCN(C(=O)OC(C)(C)C)C3)cc1C. The Hall–Kier alpha value is -2.57. The van der Waals surface area contributed by atoms with Crippen LogP contribution in [-0.2, 0) is 24.4 Å². The highest BCUT2D eigenvalue weighted by molar-refractivity contribution is 5.68. The first-order valence-electron chi connectivity index (χ1n) is 8.82. The minimum absolute atomic E-state index is 0.320. The number of fused-ring (bicyclic) bond motifs is 1. The monoisotopic (exact) mass is 358 g/mol. The van der Waals surface area contributed by atoms with E-state index in [2.05, 4.69) is 24.0 Å². The van der Waals surface area contributed by atoms with Gasteiger partial charge in [-0.15, -0.1) is 10.2 Å². The quantitative estimate of drug-likeness (QED) is 0.842. The number of aromatic nitrogens is 3. The third kappa shape index (κ3) is 4.15. The molecule has 26 heavy (non-hydrogen) atoms. The van der Waals surface area contributed by atoms with Crippen molar-refractivity contribution in [1.82, 2.24) is 19.7 Å². The van der Waals surface area contributed by atoms with Gasteiger partial charge in [0.15, 0.2) is 11.6 Å². The van der Waals surface area contributed by atoms with E-state index in [1.807, 2.05) is 43.5 Å². The number of hydrogen-bond donors (Lipinski definition) is 0. The van der Waals surface area contributed by atoms with Gasteiger partial charge in [-0.25, -0.2) is 4.79 Å². The van der Waals surface area contributed by atoms with Gasteiger partial charge in [0.25, 0.3) is 0 Å². The summed E-state index contributed by atoms with van der Waals surface area (Å²) < 4.78 is 13.3. The van der Waals surface area contributed by atoms with Crippen LogP contribution in [0.25, 0.3) is 0 Å². The van der Waals surface area contributed by atoms with Crippen molar-refractivity contribution >= 4 is 6.09 Å². The molecular formula is C19H26N4O3. The van der Waals surface area contributed by atoms with Gasteiger partial charge in [-0.2, -0.15) is 0 Å². The first-order chi connectivity index (χ1) is 12.2. The van der Waals surface area contributed by atoms with E-state index < -0.39 is 5.60 Å². The molecule has 0 atom stereocenters. The summed E-state index contributed by atoms with van der Waals surface area (Å²) in [6.45, 7) is 11.7. The fourth-order valence-electron chi connectivity index (χ4n) is 2.76. The van der Waals surface area contributed by atoms with Crippen molar-refractivity contribution in [3.63, 3.8) is 0 Å². The van der Waals surface area contributed by atoms with Gasteiger partial charge in [0.1, 0.15) is 18.0 Å². The molecule has 0 N–H and O–H groups in total. The Balaban J connectivity index is 1.64. The first-order valence-corrected chi connectivity index (χ1v) is 8.82. The highest BCUT2D eigenvalue weighted by Gasteiger charge is 2.28. The maximum absolute atomic E-state index is 12.2. The Bertz CT molecular complexity index is 808. The first kappa shape index (κ1) is 18.2. The molecule has 2 heterocycles. The molecule has 1 aliphatic rings. The summed E-state index contributed by atoms with van der Waals surface area (Å²) in [4.78, 5) is 13.9. The Kier molecular flexibility index (Phi) is 4.89. The summed E-state index contributed by atoms with van der Waals surface area (Å²) in [5.74, 6) is 2.33. The van der Waals surface area contributed by atoms with Crippen LogP contribution in [0, 0.1) is 13.8 Å². The molecule has 1 aromatic heterocycles. The average Bonchev–Trinajstić information content (AvgIpc) is 2.96. The van der Waals surface area contributed by atoms with Crippen LogP contribution in [0.5, 0.6) is 5.75 Å². The van der Waals surface area contributed by atoms with Gasteiger partial charge in [0, 0.05) is 13.1 Å². The standard InChI is InChI=1S/C19H26N4O3/c1-13-6-7-15(10-14(13)2)25-12-17-21-20-16-11-22(8-9-23(16)17)18(24)26-19(3,4)5/h6-7,10H,8-9,11-12H2,1-5H3. The molecule has 0 saturated heterocycles.